The van der Waals surface area contributed by atoms with Crippen molar-refractivity contribution in [3.63, 3.8) is 0 Å². The SMILES string of the molecule is O=C(NCCCCN1CCOCC1)c1ccc(Cl)c(Cl)c1. The Labute approximate surface area is 135 Å². The Morgan fingerprint density at radius 1 is 1.19 bits per heavy atom. The largest absolute Gasteiger partial charge is 0.379 e. The maximum Gasteiger partial charge on any atom is 0.251 e. The Bertz CT molecular complexity index is 477. The third-order valence-corrected chi connectivity index (χ3v) is 4.21. The third kappa shape index (κ3) is 5.47. The van der Waals surface area contributed by atoms with E-state index in [2.05, 4.69) is 10.2 Å². The summed E-state index contributed by atoms with van der Waals surface area (Å²) in [5.74, 6) is -0.111. The molecule has 0 unspecified atom stereocenters. The van der Waals surface area contributed by atoms with E-state index in [4.69, 9.17) is 27.9 Å². The number of halogens is 2. The lowest BCUT2D eigenvalue weighted by Crippen LogP contribution is -2.37. The molecule has 1 aliphatic rings. The Morgan fingerprint density at radius 3 is 2.67 bits per heavy atom. The van der Waals surface area contributed by atoms with Crippen LogP contribution in [-0.2, 0) is 4.74 Å². The number of carbonyl (C=O) groups is 1. The number of nitrogens with zero attached hydrogens (tertiary/aromatic N) is 1. The standard InChI is InChI=1S/C15H20Cl2N2O2/c16-13-4-3-12(11-14(13)17)15(20)18-5-1-2-6-19-7-9-21-10-8-19/h3-4,11H,1-2,5-10H2,(H,18,20). The average molecular weight is 331 g/mol. The van der Waals surface area contributed by atoms with Gasteiger partial charge in [-0.1, -0.05) is 23.2 Å². The quantitative estimate of drug-likeness (QED) is 0.815. The summed E-state index contributed by atoms with van der Waals surface area (Å²) in [6.07, 6.45) is 2.03. The van der Waals surface area contributed by atoms with Crippen molar-refractivity contribution in [1.29, 1.82) is 0 Å². The van der Waals surface area contributed by atoms with Crippen LogP contribution < -0.4 is 5.32 Å². The van der Waals surface area contributed by atoms with E-state index in [-0.39, 0.29) is 5.91 Å². The van der Waals surface area contributed by atoms with Crippen LogP contribution in [0.15, 0.2) is 18.2 Å². The van der Waals surface area contributed by atoms with Crippen LogP contribution in [0.2, 0.25) is 10.0 Å². The van der Waals surface area contributed by atoms with E-state index < -0.39 is 0 Å². The summed E-state index contributed by atoms with van der Waals surface area (Å²) in [4.78, 5) is 14.3. The molecule has 1 heterocycles. The first-order valence-corrected chi connectivity index (χ1v) is 7.96. The van der Waals surface area contributed by atoms with Crippen molar-refractivity contribution in [2.24, 2.45) is 0 Å². The minimum atomic E-state index is -0.111. The molecule has 21 heavy (non-hydrogen) atoms. The molecular formula is C15H20Cl2N2O2. The molecule has 0 saturated carbocycles. The van der Waals surface area contributed by atoms with Gasteiger partial charge in [-0.2, -0.15) is 0 Å². The topological polar surface area (TPSA) is 41.6 Å². The number of rotatable bonds is 6. The molecule has 1 amide bonds. The van der Waals surface area contributed by atoms with Gasteiger partial charge in [0.1, 0.15) is 0 Å². The monoisotopic (exact) mass is 330 g/mol. The summed E-state index contributed by atoms with van der Waals surface area (Å²) in [5, 5.41) is 3.76. The van der Waals surface area contributed by atoms with Crippen molar-refractivity contribution < 1.29 is 9.53 Å². The van der Waals surface area contributed by atoms with Gasteiger partial charge >= 0.3 is 0 Å². The summed E-state index contributed by atoms with van der Waals surface area (Å²) >= 11 is 11.7. The molecule has 1 N–H and O–H groups in total. The molecule has 0 aromatic heterocycles. The molecule has 1 aromatic carbocycles. The van der Waals surface area contributed by atoms with Crippen LogP contribution in [-0.4, -0.2) is 50.2 Å². The van der Waals surface area contributed by atoms with Crippen molar-refractivity contribution >= 4 is 29.1 Å². The fraction of sp³-hybridized carbons (Fsp3) is 0.533. The van der Waals surface area contributed by atoms with E-state index in [1.54, 1.807) is 18.2 Å². The number of hydrogen-bond donors (Lipinski definition) is 1. The van der Waals surface area contributed by atoms with Gasteiger partial charge in [-0.05, 0) is 37.6 Å². The number of nitrogens with one attached hydrogen (secondary N) is 1. The number of morpholine rings is 1. The highest BCUT2D eigenvalue weighted by atomic mass is 35.5. The molecule has 0 atom stereocenters. The van der Waals surface area contributed by atoms with E-state index in [0.29, 0.717) is 22.2 Å². The predicted octanol–water partition coefficient (Wildman–Crippen LogP) is 2.84. The zero-order valence-electron chi connectivity index (χ0n) is 11.9. The minimum absolute atomic E-state index is 0.111. The van der Waals surface area contributed by atoms with Crippen molar-refractivity contribution in [1.82, 2.24) is 10.2 Å². The van der Waals surface area contributed by atoms with E-state index in [0.717, 1.165) is 45.7 Å². The van der Waals surface area contributed by atoms with Crippen LogP contribution in [0.3, 0.4) is 0 Å². The number of carbonyl (C=O) groups excluding carboxylic acids is 1. The fourth-order valence-electron chi connectivity index (χ4n) is 2.23. The molecule has 116 valence electrons. The number of benzene rings is 1. The van der Waals surface area contributed by atoms with Crippen molar-refractivity contribution in [3.05, 3.63) is 33.8 Å². The highest BCUT2D eigenvalue weighted by Gasteiger charge is 2.10. The maximum absolute atomic E-state index is 11.9. The molecule has 0 bridgehead atoms. The molecule has 1 fully saturated rings. The molecule has 4 nitrogen and oxygen atoms in total. The second-order valence-electron chi connectivity index (χ2n) is 5.05. The smallest absolute Gasteiger partial charge is 0.251 e. The number of ether oxygens (including phenoxy) is 1. The molecule has 0 spiro atoms. The van der Waals surface area contributed by atoms with E-state index in [9.17, 15) is 4.79 Å². The number of hydrogen-bond acceptors (Lipinski definition) is 3. The Morgan fingerprint density at radius 2 is 1.95 bits per heavy atom. The van der Waals surface area contributed by atoms with Gasteiger partial charge in [-0.25, -0.2) is 0 Å². The predicted molar refractivity (Wildman–Crippen MR) is 85.3 cm³/mol. The zero-order chi connectivity index (χ0) is 15.1. The van der Waals surface area contributed by atoms with Crippen LogP contribution >= 0.6 is 23.2 Å². The normalized spacial score (nSPS) is 15.9. The highest BCUT2D eigenvalue weighted by molar-refractivity contribution is 6.42. The fourth-order valence-corrected chi connectivity index (χ4v) is 2.52. The lowest BCUT2D eigenvalue weighted by molar-refractivity contribution is 0.0372. The molecular weight excluding hydrogens is 311 g/mol. The third-order valence-electron chi connectivity index (χ3n) is 3.47. The Hall–Kier alpha value is -0.810. The second-order valence-corrected chi connectivity index (χ2v) is 5.86. The van der Waals surface area contributed by atoms with E-state index in [1.807, 2.05) is 0 Å². The molecule has 0 aliphatic carbocycles. The van der Waals surface area contributed by atoms with Crippen LogP contribution in [0.4, 0.5) is 0 Å². The maximum atomic E-state index is 11.9. The molecule has 1 aromatic rings. The van der Waals surface area contributed by atoms with E-state index >= 15 is 0 Å². The van der Waals surface area contributed by atoms with Crippen LogP contribution in [0, 0.1) is 0 Å². The first-order valence-electron chi connectivity index (χ1n) is 7.20. The van der Waals surface area contributed by atoms with Gasteiger partial charge in [0.2, 0.25) is 0 Å². The van der Waals surface area contributed by atoms with Crippen molar-refractivity contribution in [3.8, 4) is 0 Å². The summed E-state index contributed by atoms with van der Waals surface area (Å²) in [7, 11) is 0. The molecule has 1 aliphatic heterocycles. The van der Waals surface area contributed by atoms with Crippen LogP contribution in [0.25, 0.3) is 0 Å². The molecule has 0 radical (unpaired) electrons. The second kappa shape index (κ2) is 8.59. The van der Waals surface area contributed by atoms with Gasteiger partial charge in [0.25, 0.3) is 5.91 Å². The highest BCUT2D eigenvalue weighted by Crippen LogP contribution is 2.22. The lowest BCUT2D eigenvalue weighted by Gasteiger charge is -2.26. The van der Waals surface area contributed by atoms with Gasteiger partial charge in [0.05, 0.1) is 23.3 Å². The minimum Gasteiger partial charge on any atom is -0.379 e. The average Bonchev–Trinajstić information content (AvgIpc) is 2.50. The van der Waals surface area contributed by atoms with Gasteiger partial charge < -0.3 is 10.1 Å². The Kier molecular flexibility index (Phi) is 6.77. The van der Waals surface area contributed by atoms with Gasteiger partial charge in [0.15, 0.2) is 0 Å². The van der Waals surface area contributed by atoms with Crippen LogP contribution in [0.5, 0.6) is 0 Å². The Balaban J connectivity index is 1.63. The van der Waals surface area contributed by atoms with Crippen molar-refractivity contribution in [2.45, 2.75) is 12.8 Å². The summed E-state index contributed by atoms with van der Waals surface area (Å²) in [5.41, 5.74) is 0.539. The first kappa shape index (κ1) is 16.6. The summed E-state index contributed by atoms with van der Waals surface area (Å²) < 4.78 is 5.31. The number of amides is 1. The molecule has 2 rings (SSSR count). The molecule has 1 saturated heterocycles. The van der Waals surface area contributed by atoms with Gasteiger partial charge in [0, 0.05) is 25.2 Å². The van der Waals surface area contributed by atoms with Crippen LogP contribution in [0.1, 0.15) is 23.2 Å². The zero-order valence-corrected chi connectivity index (χ0v) is 13.4. The lowest BCUT2D eigenvalue weighted by atomic mass is 10.2. The van der Waals surface area contributed by atoms with Gasteiger partial charge in [-0.3, -0.25) is 9.69 Å². The van der Waals surface area contributed by atoms with Crippen molar-refractivity contribution in [2.75, 3.05) is 39.4 Å². The number of unbranched alkanes of at least 4 members (excludes halogenated alkanes) is 1. The van der Waals surface area contributed by atoms with E-state index in [1.165, 1.54) is 0 Å². The van der Waals surface area contributed by atoms with Gasteiger partial charge in [-0.15, -0.1) is 0 Å². The summed E-state index contributed by atoms with van der Waals surface area (Å²) in [6, 6.07) is 4.90. The molecule has 6 heteroatoms. The first-order chi connectivity index (χ1) is 10.2. The summed E-state index contributed by atoms with van der Waals surface area (Å²) in [6.45, 7) is 5.41.